The summed E-state index contributed by atoms with van der Waals surface area (Å²) in [7, 11) is 1.34. The molecule has 3 heteroatoms. The second-order valence-corrected chi connectivity index (χ2v) is 5.73. The molecule has 3 nitrogen and oxygen atoms in total. The van der Waals surface area contributed by atoms with Crippen LogP contribution in [-0.4, -0.2) is 18.9 Å². The number of hydrogen-bond acceptors (Lipinski definition) is 3. The zero-order chi connectivity index (χ0) is 15.7. The summed E-state index contributed by atoms with van der Waals surface area (Å²) in [4.78, 5) is 25.5. The predicted molar refractivity (Wildman–Crippen MR) is 83.6 cm³/mol. The van der Waals surface area contributed by atoms with E-state index in [1.807, 2.05) is 55.5 Å². The van der Waals surface area contributed by atoms with Gasteiger partial charge in [0, 0.05) is 11.5 Å². The Morgan fingerprint density at radius 1 is 0.955 bits per heavy atom. The summed E-state index contributed by atoms with van der Waals surface area (Å²) in [6, 6.07) is 18.7. The van der Waals surface area contributed by atoms with E-state index in [1.54, 1.807) is 12.1 Å². The summed E-state index contributed by atoms with van der Waals surface area (Å²) >= 11 is 0. The maximum absolute atomic E-state index is 13.0. The number of rotatable bonds is 4. The Balaban J connectivity index is 2.05. The third-order valence-electron chi connectivity index (χ3n) is 4.69. The van der Waals surface area contributed by atoms with Crippen LogP contribution in [0.25, 0.3) is 0 Å². The number of esters is 1. The fourth-order valence-corrected chi connectivity index (χ4v) is 3.52. The maximum Gasteiger partial charge on any atom is 0.320 e. The van der Waals surface area contributed by atoms with Crippen molar-refractivity contribution in [3.63, 3.8) is 0 Å². The SMILES string of the molecule is COC(=O)C1(C(=O)c2ccccc2)[C@H](C)[C@H]1c1ccccc1. The van der Waals surface area contributed by atoms with E-state index in [2.05, 4.69) is 0 Å². The van der Waals surface area contributed by atoms with Crippen molar-refractivity contribution in [1.29, 1.82) is 0 Å². The van der Waals surface area contributed by atoms with E-state index in [-0.39, 0.29) is 17.6 Å². The van der Waals surface area contributed by atoms with Gasteiger partial charge in [-0.1, -0.05) is 67.6 Å². The minimum absolute atomic E-state index is 0.0740. The molecule has 112 valence electrons. The van der Waals surface area contributed by atoms with E-state index in [0.717, 1.165) is 5.56 Å². The van der Waals surface area contributed by atoms with Gasteiger partial charge in [0.15, 0.2) is 5.78 Å². The minimum Gasteiger partial charge on any atom is -0.468 e. The molecule has 1 saturated carbocycles. The van der Waals surface area contributed by atoms with E-state index < -0.39 is 11.4 Å². The van der Waals surface area contributed by atoms with Gasteiger partial charge in [-0.05, 0) is 11.5 Å². The number of ether oxygens (including phenoxy) is 1. The van der Waals surface area contributed by atoms with Gasteiger partial charge in [0.2, 0.25) is 0 Å². The highest BCUT2D eigenvalue weighted by molar-refractivity contribution is 6.16. The van der Waals surface area contributed by atoms with Gasteiger partial charge in [-0.15, -0.1) is 0 Å². The standard InChI is InChI=1S/C19H18O3/c1-13-16(14-9-5-3-6-10-14)19(13,18(21)22-2)17(20)15-11-7-4-8-12-15/h3-13,16H,1-2H3/t13-,16+,19?/m1/s1. The van der Waals surface area contributed by atoms with Crippen LogP contribution in [0, 0.1) is 11.3 Å². The molecule has 3 atom stereocenters. The normalized spacial score (nSPS) is 26.3. The summed E-state index contributed by atoms with van der Waals surface area (Å²) in [6.45, 7) is 1.94. The van der Waals surface area contributed by atoms with E-state index in [1.165, 1.54) is 7.11 Å². The molecule has 0 radical (unpaired) electrons. The van der Waals surface area contributed by atoms with Crippen LogP contribution >= 0.6 is 0 Å². The fourth-order valence-electron chi connectivity index (χ4n) is 3.52. The van der Waals surface area contributed by atoms with Gasteiger partial charge in [0.05, 0.1) is 7.11 Å². The van der Waals surface area contributed by atoms with E-state index in [4.69, 9.17) is 4.74 Å². The third-order valence-corrected chi connectivity index (χ3v) is 4.69. The molecule has 2 aromatic rings. The molecule has 1 aliphatic rings. The van der Waals surface area contributed by atoms with Crippen molar-refractivity contribution >= 4 is 11.8 Å². The van der Waals surface area contributed by atoms with Crippen molar-refractivity contribution in [2.45, 2.75) is 12.8 Å². The lowest BCUT2D eigenvalue weighted by Gasteiger charge is -2.14. The molecule has 0 N–H and O–H groups in total. The molecular weight excluding hydrogens is 276 g/mol. The monoisotopic (exact) mass is 294 g/mol. The van der Waals surface area contributed by atoms with Gasteiger partial charge < -0.3 is 4.74 Å². The summed E-state index contributed by atoms with van der Waals surface area (Å²) in [6.07, 6.45) is 0. The van der Waals surface area contributed by atoms with E-state index in [9.17, 15) is 9.59 Å². The van der Waals surface area contributed by atoms with Crippen LogP contribution in [0.2, 0.25) is 0 Å². The Labute approximate surface area is 129 Å². The predicted octanol–water partition coefficient (Wildman–Crippen LogP) is 3.46. The van der Waals surface area contributed by atoms with Crippen LogP contribution in [0.1, 0.15) is 28.8 Å². The molecule has 0 amide bonds. The highest BCUT2D eigenvalue weighted by Crippen LogP contribution is 2.66. The lowest BCUT2D eigenvalue weighted by Crippen LogP contribution is -2.30. The van der Waals surface area contributed by atoms with Crippen molar-refractivity contribution in [3.05, 3.63) is 71.8 Å². The molecular formula is C19H18O3. The van der Waals surface area contributed by atoms with Crippen LogP contribution in [0.15, 0.2) is 60.7 Å². The Hall–Kier alpha value is -2.42. The van der Waals surface area contributed by atoms with Crippen molar-refractivity contribution in [2.24, 2.45) is 11.3 Å². The summed E-state index contributed by atoms with van der Waals surface area (Å²) < 4.78 is 4.98. The molecule has 1 fully saturated rings. The quantitative estimate of drug-likeness (QED) is 0.493. The summed E-state index contributed by atoms with van der Waals surface area (Å²) in [5.41, 5.74) is 0.458. The van der Waals surface area contributed by atoms with E-state index >= 15 is 0 Å². The zero-order valence-electron chi connectivity index (χ0n) is 12.7. The van der Waals surface area contributed by atoms with E-state index in [0.29, 0.717) is 5.56 Å². The Bertz CT molecular complexity index is 693. The molecule has 2 aromatic carbocycles. The van der Waals surface area contributed by atoms with Crippen LogP contribution < -0.4 is 0 Å². The molecule has 0 bridgehead atoms. The first-order valence-corrected chi connectivity index (χ1v) is 7.37. The van der Waals surface area contributed by atoms with Crippen molar-refractivity contribution in [2.75, 3.05) is 7.11 Å². The second kappa shape index (κ2) is 5.41. The number of Topliss-reactive ketones (excluding diaryl/α,β-unsaturated/α-hetero) is 1. The number of ketones is 1. The Morgan fingerprint density at radius 2 is 1.50 bits per heavy atom. The van der Waals surface area contributed by atoms with Gasteiger partial charge in [-0.25, -0.2) is 0 Å². The highest BCUT2D eigenvalue weighted by Gasteiger charge is 2.73. The number of methoxy groups -OCH3 is 1. The largest absolute Gasteiger partial charge is 0.468 e. The first-order valence-electron chi connectivity index (χ1n) is 7.37. The molecule has 1 aliphatic carbocycles. The second-order valence-electron chi connectivity index (χ2n) is 5.73. The van der Waals surface area contributed by atoms with Gasteiger partial charge in [0.1, 0.15) is 5.41 Å². The summed E-state index contributed by atoms with van der Waals surface area (Å²) in [5, 5.41) is 0. The number of carbonyl (C=O) groups is 2. The van der Waals surface area contributed by atoms with Crippen LogP contribution in [0.4, 0.5) is 0 Å². The number of carbonyl (C=O) groups excluding carboxylic acids is 2. The molecule has 3 rings (SSSR count). The Morgan fingerprint density at radius 3 is 2.05 bits per heavy atom. The first-order chi connectivity index (χ1) is 10.6. The van der Waals surface area contributed by atoms with Crippen LogP contribution in [0.5, 0.6) is 0 Å². The van der Waals surface area contributed by atoms with Crippen LogP contribution in [-0.2, 0) is 9.53 Å². The molecule has 0 aliphatic heterocycles. The lowest BCUT2D eigenvalue weighted by atomic mass is 9.89. The topological polar surface area (TPSA) is 43.4 Å². The van der Waals surface area contributed by atoms with Crippen LogP contribution in [0.3, 0.4) is 0 Å². The number of hydrogen-bond donors (Lipinski definition) is 0. The molecule has 0 heterocycles. The van der Waals surface area contributed by atoms with Gasteiger partial charge >= 0.3 is 5.97 Å². The molecule has 0 aromatic heterocycles. The fraction of sp³-hybridized carbons (Fsp3) is 0.263. The molecule has 0 saturated heterocycles. The summed E-state index contributed by atoms with van der Waals surface area (Å²) in [5.74, 6) is -0.798. The third kappa shape index (κ3) is 1.97. The molecule has 22 heavy (non-hydrogen) atoms. The van der Waals surface area contributed by atoms with Crippen molar-refractivity contribution in [3.8, 4) is 0 Å². The smallest absolute Gasteiger partial charge is 0.320 e. The average molecular weight is 294 g/mol. The van der Waals surface area contributed by atoms with Crippen molar-refractivity contribution < 1.29 is 14.3 Å². The lowest BCUT2D eigenvalue weighted by molar-refractivity contribution is -0.145. The molecule has 1 unspecified atom stereocenters. The first kappa shape index (κ1) is 14.5. The Kier molecular flexibility index (Phi) is 3.57. The van der Waals surface area contributed by atoms with Gasteiger partial charge in [-0.2, -0.15) is 0 Å². The molecule has 0 spiro atoms. The highest BCUT2D eigenvalue weighted by atomic mass is 16.5. The van der Waals surface area contributed by atoms with Gasteiger partial charge in [0.25, 0.3) is 0 Å². The van der Waals surface area contributed by atoms with Gasteiger partial charge in [-0.3, -0.25) is 9.59 Å². The van der Waals surface area contributed by atoms with Crippen molar-refractivity contribution in [1.82, 2.24) is 0 Å². The minimum atomic E-state index is -1.10. The number of benzene rings is 2. The maximum atomic E-state index is 13.0. The zero-order valence-corrected chi connectivity index (χ0v) is 12.7. The average Bonchev–Trinajstić information content (AvgIpc) is 3.21.